The Kier molecular flexibility index (Phi) is 9.00. The summed E-state index contributed by atoms with van der Waals surface area (Å²) >= 11 is 0. The van der Waals surface area contributed by atoms with Crippen LogP contribution in [0.5, 0.6) is 0 Å². The molecule has 0 aliphatic rings. The summed E-state index contributed by atoms with van der Waals surface area (Å²) in [5.41, 5.74) is -0.00902. The monoisotopic (exact) mass is 220 g/mol. The molecule has 2 N–H and O–H groups in total. The molecule has 0 aliphatic heterocycles. The number of rotatable bonds is 10. The predicted molar refractivity (Wildman–Crippen MR) is 58.8 cm³/mol. The third-order valence-electron chi connectivity index (χ3n) is 1.88. The lowest BCUT2D eigenvalue weighted by molar-refractivity contribution is -0.00870. The molecule has 0 amide bonds. The Hall–Kier alpha value is -0.160. The minimum absolute atomic E-state index is 0.00902. The quantitative estimate of drug-likeness (QED) is 0.535. The zero-order valence-corrected chi connectivity index (χ0v) is 9.87. The van der Waals surface area contributed by atoms with Gasteiger partial charge in [-0.1, -0.05) is 13.8 Å². The van der Waals surface area contributed by atoms with Crippen LogP contribution >= 0.6 is 0 Å². The van der Waals surface area contributed by atoms with Crippen molar-refractivity contribution in [2.24, 2.45) is 5.41 Å². The van der Waals surface area contributed by atoms with Crippen molar-refractivity contribution < 1.29 is 19.7 Å². The van der Waals surface area contributed by atoms with Gasteiger partial charge in [-0.3, -0.25) is 0 Å². The van der Waals surface area contributed by atoms with Gasteiger partial charge in [0.15, 0.2) is 0 Å². The van der Waals surface area contributed by atoms with E-state index in [2.05, 4.69) is 13.8 Å². The normalized spacial score (nSPS) is 12.0. The van der Waals surface area contributed by atoms with E-state index in [1.807, 2.05) is 0 Å². The number of hydrogen-bond acceptors (Lipinski definition) is 4. The van der Waals surface area contributed by atoms with Crippen LogP contribution in [0.2, 0.25) is 0 Å². The van der Waals surface area contributed by atoms with Crippen LogP contribution in [-0.4, -0.2) is 49.9 Å². The highest BCUT2D eigenvalue weighted by atomic mass is 16.5. The lowest BCUT2D eigenvalue weighted by atomic mass is 9.96. The van der Waals surface area contributed by atoms with Gasteiger partial charge in [0.05, 0.1) is 13.2 Å². The summed E-state index contributed by atoms with van der Waals surface area (Å²) in [6.45, 7) is 6.95. The van der Waals surface area contributed by atoms with Crippen molar-refractivity contribution in [1.82, 2.24) is 0 Å². The average molecular weight is 220 g/mol. The average Bonchev–Trinajstić information content (AvgIpc) is 2.20. The highest BCUT2D eigenvalue weighted by Crippen LogP contribution is 2.15. The van der Waals surface area contributed by atoms with Gasteiger partial charge in [-0.05, 0) is 12.8 Å². The molecule has 92 valence electrons. The van der Waals surface area contributed by atoms with Crippen molar-refractivity contribution in [3.05, 3.63) is 0 Å². The molecule has 0 aromatic heterocycles. The van der Waals surface area contributed by atoms with E-state index < -0.39 is 0 Å². The second-order valence-corrected chi connectivity index (χ2v) is 4.42. The molecule has 0 saturated carbocycles. The van der Waals surface area contributed by atoms with Gasteiger partial charge in [0, 0.05) is 31.8 Å². The first-order valence-electron chi connectivity index (χ1n) is 5.49. The summed E-state index contributed by atoms with van der Waals surface area (Å²) in [4.78, 5) is 0. The fourth-order valence-electron chi connectivity index (χ4n) is 1.07. The number of hydrogen-bond donors (Lipinski definition) is 2. The number of aliphatic hydroxyl groups is 2. The maximum Gasteiger partial charge on any atom is 0.0539 e. The molecule has 4 nitrogen and oxygen atoms in total. The molecular weight excluding hydrogens is 196 g/mol. The zero-order chi connectivity index (χ0) is 11.6. The second kappa shape index (κ2) is 9.09. The lowest BCUT2D eigenvalue weighted by Gasteiger charge is -2.24. The van der Waals surface area contributed by atoms with E-state index in [-0.39, 0.29) is 18.6 Å². The van der Waals surface area contributed by atoms with Crippen LogP contribution in [0.15, 0.2) is 0 Å². The van der Waals surface area contributed by atoms with Gasteiger partial charge in [0.25, 0.3) is 0 Å². The molecular formula is C11H24O4. The molecule has 0 fully saturated rings. The Morgan fingerprint density at radius 2 is 1.27 bits per heavy atom. The van der Waals surface area contributed by atoms with E-state index in [0.717, 1.165) is 0 Å². The maximum absolute atomic E-state index is 8.57. The van der Waals surface area contributed by atoms with E-state index in [0.29, 0.717) is 39.3 Å². The van der Waals surface area contributed by atoms with E-state index in [1.54, 1.807) is 0 Å². The van der Waals surface area contributed by atoms with E-state index in [4.69, 9.17) is 19.7 Å². The summed E-state index contributed by atoms with van der Waals surface area (Å²) < 4.78 is 10.8. The molecule has 0 aliphatic carbocycles. The molecule has 15 heavy (non-hydrogen) atoms. The Bertz CT molecular complexity index is 123. The Labute approximate surface area is 92.2 Å². The summed E-state index contributed by atoms with van der Waals surface area (Å²) in [5.74, 6) is 0. The highest BCUT2D eigenvalue weighted by molar-refractivity contribution is 4.66. The van der Waals surface area contributed by atoms with Crippen LogP contribution in [0.3, 0.4) is 0 Å². The van der Waals surface area contributed by atoms with Crippen LogP contribution in [0, 0.1) is 5.41 Å². The Morgan fingerprint density at radius 3 is 1.60 bits per heavy atom. The van der Waals surface area contributed by atoms with Crippen LogP contribution in [0.4, 0.5) is 0 Å². The summed E-state index contributed by atoms with van der Waals surface area (Å²) in [5, 5.41) is 17.1. The van der Waals surface area contributed by atoms with Crippen molar-refractivity contribution in [3.8, 4) is 0 Å². The fraction of sp³-hybridized carbons (Fsp3) is 1.00. The van der Waals surface area contributed by atoms with Gasteiger partial charge in [0.2, 0.25) is 0 Å². The molecule has 0 heterocycles. The van der Waals surface area contributed by atoms with Gasteiger partial charge in [0.1, 0.15) is 0 Å². The third kappa shape index (κ3) is 10.1. The van der Waals surface area contributed by atoms with Crippen molar-refractivity contribution in [2.45, 2.75) is 26.7 Å². The van der Waals surface area contributed by atoms with Crippen LogP contribution < -0.4 is 0 Å². The zero-order valence-electron chi connectivity index (χ0n) is 9.87. The Morgan fingerprint density at radius 1 is 0.867 bits per heavy atom. The molecule has 0 spiro atoms. The third-order valence-corrected chi connectivity index (χ3v) is 1.88. The summed E-state index contributed by atoms with van der Waals surface area (Å²) in [7, 11) is 0. The van der Waals surface area contributed by atoms with Gasteiger partial charge in [-0.25, -0.2) is 0 Å². The second-order valence-electron chi connectivity index (χ2n) is 4.42. The van der Waals surface area contributed by atoms with E-state index in [1.165, 1.54) is 0 Å². The van der Waals surface area contributed by atoms with Crippen molar-refractivity contribution in [1.29, 1.82) is 0 Å². The highest BCUT2D eigenvalue weighted by Gasteiger charge is 2.18. The maximum atomic E-state index is 8.57. The van der Waals surface area contributed by atoms with E-state index in [9.17, 15) is 0 Å². The van der Waals surface area contributed by atoms with Crippen LogP contribution in [-0.2, 0) is 9.47 Å². The summed E-state index contributed by atoms with van der Waals surface area (Å²) in [6.07, 6.45) is 1.36. The van der Waals surface area contributed by atoms with Gasteiger partial charge in [-0.15, -0.1) is 0 Å². The lowest BCUT2D eigenvalue weighted by Crippen LogP contribution is -2.26. The van der Waals surface area contributed by atoms with Crippen LogP contribution in [0.25, 0.3) is 0 Å². The molecule has 4 heteroatoms. The molecule has 0 atom stereocenters. The van der Waals surface area contributed by atoms with Gasteiger partial charge < -0.3 is 19.7 Å². The SMILES string of the molecule is CC(C)(COCCCO)COCCCO. The number of aliphatic hydroxyl groups excluding tert-OH is 2. The molecule has 0 aromatic rings. The van der Waals surface area contributed by atoms with Crippen molar-refractivity contribution in [2.75, 3.05) is 39.6 Å². The van der Waals surface area contributed by atoms with Crippen molar-refractivity contribution in [3.63, 3.8) is 0 Å². The van der Waals surface area contributed by atoms with Gasteiger partial charge in [-0.2, -0.15) is 0 Å². The van der Waals surface area contributed by atoms with Crippen molar-refractivity contribution >= 4 is 0 Å². The van der Waals surface area contributed by atoms with Gasteiger partial charge >= 0.3 is 0 Å². The fourth-order valence-corrected chi connectivity index (χ4v) is 1.07. The summed E-state index contributed by atoms with van der Waals surface area (Å²) in [6, 6.07) is 0. The largest absolute Gasteiger partial charge is 0.396 e. The standard InChI is InChI=1S/C11H24O4/c1-11(2,9-14-7-3-5-12)10-15-8-4-6-13/h12-13H,3-10H2,1-2H3. The number of ether oxygens (including phenoxy) is 2. The van der Waals surface area contributed by atoms with Crippen LogP contribution in [0.1, 0.15) is 26.7 Å². The first-order valence-corrected chi connectivity index (χ1v) is 5.49. The molecule has 0 saturated heterocycles. The topological polar surface area (TPSA) is 58.9 Å². The smallest absolute Gasteiger partial charge is 0.0539 e. The molecule has 0 aromatic carbocycles. The predicted octanol–water partition coefficient (Wildman–Crippen LogP) is 0.811. The van der Waals surface area contributed by atoms with E-state index >= 15 is 0 Å². The molecule has 0 unspecified atom stereocenters. The first kappa shape index (κ1) is 14.8. The first-order chi connectivity index (χ1) is 7.12. The molecule has 0 radical (unpaired) electrons. The Balaban J connectivity index is 3.40. The minimum atomic E-state index is -0.00902. The minimum Gasteiger partial charge on any atom is -0.396 e. The molecule has 0 rings (SSSR count). The molecule has 0 bridgehead atoms.